The minimum Gasteiger partial charge on any atom is -0.349 e. The van der Waals surface area contributed by atoms with Gasteiger partial charge in [-0.2, -0.15) is 0 Å². The molecule has 0 atom stereocenters. The molecular weight excluding hydrogens is 398 g/mol. The Hall–Kier alpha value is -3.44. The Bertz CT molecular complexity index is 1010. The number of hydrogen-bond donors (Lipinski definition) is 1. The van der Waals surface area contributed by atoms with Gasteiger partial charge in [0, 0.05) is 36.1 Å². The van der Waals surface area contributed by atoms with E-state index in [1.807, 2.05) is 91.9 Å². The van der Waals surface area contributed by atoms with Gasteiger partial charge in [0.2, 0.25) is 5.91 Å². The van der Waals surface area contributed by atoms with Crippen molar-refractivity contribution in [3.8, 4) is 0 Å². The molecule has 0 bridgehead atoms. The molecule has 1 aliphatic rings. The summed E-state index contributed by atoms with van der Waals surface area (Å²) in [6, 6.07) is 27.3. The van der Waals surface area contributed by atoms with Crippen molar-refractivity contribution in [1.29, 1.82) is 0 Å². The van der Waals surface area contributed by atoms with Crippen LogP contribution in [0.2, 0.25) is 0 Å². The first-order valence-electron chi connectivity index (χ1n) is 11.1. The van der Waals surface area contributed by atoms with Gasteiger partial charge in [0.15, 0.2) is 0 Å². The van der Waals surface area contributed by atoms with Crippen molar-refractivity contribution in [2.75, 3.05) is 24.5 Å². The molecule has 0 spiro atoms. The Kier molecular flexibility index (Phi) is 6.97. The molecule has 0 aromatic heterocycles. The number of carbonyl (C=O) groups is 2. The molecule has 164 valence electrons. The smallest absolute Gasteiger partial charge is 0.251 e. The summed E-state index contributed by atoms with van der Waals surface area (Å²) in [6.45, 7) is 3.86. The van der Waals surface area contributed by atoms with Gasteiger partial charge in [0.25, 0.3) is 5.91 Å². The maximum Gasteiger partial charge on any atom is 0.251 e. The summed E-state index contributed by atoms with van der Waals surface area (Å²) in [5.41, 5.74) is 3.44. The highest BCUT2D eigenvalue weighted by atomic mass is 16.2. The molecule has 4 rings (SSSR count). The SMILES string of the molecule is Cc1ccccc1C(=O)NC1CCN(CC(=O)N(c2ccccc2)c2ccccc2)CC1. The molecule has 5 heteroatoms. The Balaban J connectivity index is 1.36. The summed E-state index contributed by atoms with van der Waals surface area (Å²) < 4.78 is 0. The predicted molar refractivity (Wildman–Crippen MR) is 128 cm³/mol. The quantitative estimate of drug-likeness (QED) is 0.628. The lowest BCUT2D eigenvalue weighted by Gasteiger charge is -2.33. The van der Waals surface area contributed by atoms with E-state index in [9.17, 15) is 9.59 Å². The van der Waals surface area contributed by atoms with E-state index in [-0.39, 0.29) is 17.9 Å². The first-order chi connectivity index (χ1) is 15.6. The number of likely N-dealkylation sites (tertiary alicyclic amines) is 1. The highest BCUT2D eigenvalue weighted by Crippen LogP contribution is 2.25. The zero-order valence-corrected chi connectivity index (χ0v) is 18.4. The summed E-state index contributed by atoms with van der Waals surface area (Å²) in [6.07, 6.45) is 1.67. The number of nitrogens with one attached hydrogen (secondary N) is 1. The summed E-state index contributed by atoms with van der Waals surface area (Å²) in [5.74, 6) is 0.0294. The van der Waals surface area contributed by atoms with E-state index in [4.69, 9.17) is 0 Å². The van der Waals surface area contributed by atoms with Crippen LogP contribution in [0, 0.1) is 6.92 Å². The second-order valence-electron chi connectivity index (χ2n) is 8.24. The molecule has 1 heterocycles. The van der Waals surface area contributed by atoms with Crippen molar-refractivity contribution in [3.05, 3.63) is 96.1 Å². The Morgan fingerprint density at radius 1 is 0.844 bits per heavy atom. The van der Waals surface area contributed by atoms with Gasteiger partial charge < -0.3 is 5.32 Å². The van der Waals surface area contributed by atoms with Crippen LogP contribution >= 0.6 is 0 Å². The Morgan fingerprint density at radius 3 is 1.94 bits per heavy atom. The third-order valence-electron chi connectivity index (χ3n) is 5.95. The van der Waals surface area contributed by atoms with Gasteiger partial charge in [-0.05, 0) is 55.7 Å². The number of amides is 2. The maximum atomic E-state index is 13.3. The third kappa shape index (κ3) is 5.24. The highest BCUT2D eigenvalue weighted by molar-refractivity contribution is 6.01. The van der Waals surface area contributed by atoms with Gasteiger partial charge in [-0.15, -0.1) is 0 Å². The molecule has 3 aromatic carbocycles. The van der Waals surface area contributed by atoms with E-state index in [2.05, 4.69) is 10.2 Å². The van der Waals surface area contributed by atoms with Crippen molar-refractivity contribution >= 4 is 23.2 Å². The van der Waals surface area contributed by atoms with E-state index >= 15 is 0 Å². The number of piperidine rings is 1. The first-order valence-corrected chi connectivity index (χ1v) is 11.1. The molecule has 5 nitrogen and oxygen atoms in total. The van der Waals surface area contributed by atoms with Crippen LogP contribution in [0.25, 0.3) is 0 Å². The molecule has 0 unspecified atom stereocenters. The van der Waals surface area contributed by atoms with Crippen LogP contribution < -0.4 is 10.2 Å². The number of anilines is 2. The molecule has 0 saturated carbocycles. The van der Waals surface area contributed by atoms with E-state index in [1.54, 1.807) is 4.90 Å². The maximum absolute atomic E-state index is 13.3. The fourth-order valence-corrected chi connectivity index (χ4v) is 4.18. The van der Waals surface area contributed by atoms with Crippen LogP contribution in [0.1, 0.15) is 28.8 Å². The van der Waals surface area contributed by atoms with Crippen LogP contribution in [0.15, 0.2) is 84.9 Å². The number of nitrogens with zero attached hydrogens (tertiary/aromatic N) is 2. The fourth-order valence-electron chi connectivity index (χ4n) is 4.18. The van der Waals surface area contributed by atoms with Gasteiger partial charge in [-0.1, -0.05) is 54.6 Å². The first kappa shape index (κ1) is 21.8. The molecule has 1 saturated heterocycles. The number of aryl methyl sites for hydroxylation is 1. The lowest BCUT2D eigenvalue weighted by Crippen LogP contribution is -2.47. The number of hydrogen-bond acceptors (Lipinski definition) is 3. The third-order valence-corrected chi connectivity index (χ3v) is 5.95. The summed E-state index contributed by atoms with van der Waals surface area (Å²) in [5, 5.41) is 3.16. The van der Waals surface area contributed by atoms with Gasteiger partial charge >= 0.3 is 0 Å². The van der Waals surface area contributed by atoms with E-state index < -0.39 is 0 Å². The fraction of sp³-hybridized carbons (Fsp3) is 0.259. The zero-order chi connectivity index (χ0) is 22.3. The van der Waals surface area contributed by atoms with Crippen molar-refractivity contribution in [3.63, 3.8) is 0 Å². The second kappa shape index (κ2) is 10.2. The van der Waals surface area contributed by atoms with E-state index in [1.165, 1.54) is 0 Å². The second-order valence-corrected chi connectivity index (χ2v) is 8.24. The predicted octanol–water partition coefficient (Wildman–Crippen LogP) is 4.55. The van der Waals surface area contributed by atoms with Crippen LogP contribution in [-0.4, -0.2) is 42.4 Å². The normalized spacial score (nSPS) is 14.7. The monoisotopic (exact) mass is 427 g/mol. The summed E-state index contributed by atoms with van der Waals surface area (Å²) >= 11 is 0. The minimum absolute atomic E-state index is 0.0167. The molecule has 2 amide bonds. The van der Waals surface area contributed by atoms with Gasteiger partial charge in [-0.3, -0.25) is 19.4 Å². The zero-order valence-electron chi connectivity index (χ0n) is 18.4. The topological polar surface area (TPSA) is 52.7 Å². The lowest BCUT2D eigenvalue weighted by atomic mass is 10.0. The van der Waals surface area contributed by atoms with Crippen LogP contribution in [-0.2, 0) is 4.79 Å². The van der Waals surface area contributed by atoms with Crippen molar-refractivity contribution in [2.45, 2.75) is 25.8 Å². The lowest BCUT2D eigenvalue weighted by molar-refractivity contribution is -0.119. The standard InChI is InChI=1S/C27H29N3O2/c1-21-10-8-9-15-25(21)27(32)28-22-16-18-29(19-17-22)20-26(31)30(23-11-4-2-5-12-23)24-13-6-3-7-14-24/h2-15,22H,16-20H2,1H3,(H,28,32). The Labute approximate surface area is 189 Å². The van der Waals surface area contributed by atoms with Crippen LogP contribution in [0.5, 0.6) is 0 Å². The Morgan fingerprint density at radius 2 is 1.38 bits per heavy atom. The van der Waals surface area contributed by atoms with Crippen LogP contribution in [0.3, 0.4) is 0 Å². The molecule has 3 aromatic rings. The minimum atomic E-state index is -0.0167. The molecular formula is C27H29N3O2. The average Bonchev–Trinajstić information content (AvgIpc) is 2.82. The van der Waals surface area contributed by atoms with Gasteiger partial charge in [-0.25, -0.2) is 0 Å². The number of benzene rings is 3. The average molecular weight is 428 g/mol. The highest BCUT2D eigenvalue weighted by Gasteiger charge is 2.25. The van der Waals surface area contributed by atoms with Crippen LogP contribution in [0.4, 0.5) is 11.4 Å². The van der Waals surface area contributed by atoms with Gasteiger partial charge in [0.1, 0.15) is 0 Å². The van der Waals surface area contributed by atoms with Crippen molar-refractivity contribution in [1.82, 2.24) is 10.2 Å². The van der Waals surface area contributed by atoms with Gasteiger partial charge in [0.05, 0.1) is 6.54 Å². The largest absolute Gasteiger partial charge is 0.349 e. The molecule has 1 N–H and O–H groups in total. The molecule has 0 aliphatic carbocycles. The molecule has 1 aliphatic heterocycles. The van der Waals surface area contributed by atoms with E-state index in [0.29, 0.717) is 6.54 Å². The molecule has 32 heavy (non-hydrogen) atoms. The van der Waals surface area contributed by atoms with E-state index in [0.717, 1.165) is 48.4 Å². The molecule has 0 radical (unpaired) electrons. The summed E-state index contributed by atoms with van der Waals surface area (Å²) in [4.78, 5) is 29.9. The summed E-state index contributed by atoms with van der Waals surface area (Å²) in [7, 11) is 0. The number of para-hydroxylation sites is 2. The van der Waals surface area contributed by atoms with Crippen molar-refractivity contribution < 1.29 is 9.59 Å². The molecule has 1 fully saturated rings. The number of rotatable bonds is 6. The number of carbonyl (C=O) groups excluding carboxylic acids is 2. The van der Waals surface area contributed by atoms with Crippen molar-refractivity contribution in [2.24, 2.45) is 0 Å².